The predicted molar refractivity (Wildman–Crippen MR) is 125 cm³/mol. The summed E-state index contributed by atoms with van der Waals surface area (Å²) in [4.78, 5) is 32.1. The third-order valence-corrected chi connectivity index (χ3v) is 6.61. The number of ether oxygens (including phenoxy) is 2. The molecule has 0 radical (unpaired) electrons. The summed E-state index contributed by atoms with van der Waals surface area (Å²) in [7, 11) is 1.62. The van der Waals surface area contributed by atoms with Crippen molar-refractivity contribution in [2.45, 2.75) is 37.2 Å². The Balaban J connectivity index is 1.40. The molecule has 0 aliphatic carbocycles. The van der Waals surface area contributed by atoms with E-state index >= 15 is 0 Å². The maximum atomic E-state index is 13.1. The first-order valence-electron chi connectivity index (χ1n) is 10.8. The number of benzene rings is 2. The van der Waals surface area contributed by atoms with Gasteiger partial charge in [-0.15, -0.1) is 0 Å². The average Bonchev–Trinajstić information content (AvgIpc) is 3.43. The highest BCUT2D eigenvalue weighted by Gasteiger charge is 2.40. The molecule has 2 unspecified atom stereocenters. The van der Waals surface area contributed by atoms with Crippen LogP contribution in [0.15, 0.2) is 59.6 Å². The van der Waals surface area contributed by atoms with Crippen LogP contribution in [0.5, 0.6) is 5.75 Å². The number of amides is 2. The number of thioether (sulfide) groups is 1. The molecule has 2 atom stereocenters. The lowest BCUT2D eigenvalue weighted by molar-refractivity contribution is -0.130. The SMILES string of the molecule is COc1ccc(CNC(=O)CC2SC(=Nc3ccccc3)N(CC3CCCO3)C2=O)cc1. The van der Waals surface area contributed by atoms with Crippen molar-refractivity contribution in [3.8, 4) is 5.75 Å². The van der Waals surface area contributed by atoms with Crippen molar-refractivity contribution >= 4 is 34.4 Å². The van der Waals surface area contributed by atoms with Crippen LogP contribution in [-0.4, -0.2) is 53.5 Å². The van der Waals surface area contributed by atoms with E-state index in [1.54, 1.807) is 12.0 Å². The molecule has 2 aliphatic rings. The highest BCUT2D eigenvalue weighted by molar-refractivity contribution is 8.15. The van der Waals surface area contributed by atoms with Gasteiger partial charge in [-0.25, -0.2) is 4.99 Å². The Morgan fingerprint density at radius 1 is 1.22 bits per heavy atom. The minimum Gasteiger partial charge on any atom is -0.497 e. The fourth-order valence-corrected chi connectivity index (χ4v) is 4.85. The fourth-order valence-electron chi connectivity index (χ4n) is 3.68. The van der Waals surface area contributed by atoms with Crippen molar-refractivity contribution in [2.24, 2.45) is 4.99 Å². The largest absolute Gasteiger partial charge is 0.497 e. The molecule has 2 aliphatic heterocycles. The molecular weight excluding hydrogens is 426 g/mol. The summed E-state index contributed by atoms with van der Waals surface area (Å²) in [6.07, 6.45) is 2.06. The van der Waals surface area contributed by atoms with E-state index in [0.717, 1.165) is 36.4 Å². The number of rotatable bonds is 8. The number of methoxy groups -OCH3 is 1. The lowest BCUT2D eigenvalue weighted by atomic mass is 10.2. The van der Waals surface area contributed by atoms with Crippen molar-refractivity contribution in [3.05, 3.63) is 60.2 Å². The molecule has 2 heterocycles. The summed E-state index contributed by atoms with van der Waals surface area (Å²) in [5, 5.41) is 3.05. The second-order valence-electron chi connectivity index (χ2n) is 7.75. The molecule has 4 rings (SSSR count). The maximum Gasteiger partial charge on any atom is 0.242 e. The smallest absolute Gasteiger partial charge is 0.242 e. The van der Waals surface area contributed by atoms with Crippen LogP contribution >= 0.6 is 11.8 Å². The molecule has 2 aromatic rings. The van der Waals surface area contributed by atoms with E-state index in [2.05, 4.69) is 10.3 Å². The summed E-state index contributed by atoms with van der Waals surface area (Å²) in [5.74, 6) is 0.522. The number of para-hydroxylation sites is 1. The van der Waals surface area contributed by atoms with E-state index < -0.39 is 5.25 Å². The van der Waals surface area contributed by atoms with Gasteiger partial charge < -0.3 is 14.8 Å². The zero-order chi connectivity index (χ0) is 22.3. The first-order chi connectivity index (χ1) is 15.6. The standard InChI is InChI=1S/C24H27N3O4S/c1-30-19-11-9-17(10-12-19)15-25-22(28)14-21-23(29)27(16-20-8-5-13-31-20)24(32-21)26-18-6-3-2-4-7-18/h2-4,6-7,9-12,20-21H,5,8,13-16H2,1H3,(H,25,28). The van der Waals surface area contributed by atoms with Gasteiger partial charge >= 0.3 is 0 Å². The molecule has 0 aromatic heterocycles. The summed E-state index contributed by atoms with van der Waals surface area (Å²) < 4.78 is 10.9. The molecule has 168 valence electrons. The van der Waals surface area contributed by atoms with Crippen molar-refractivity contribution < 1.29 is 19.1 Å². The van der Waals surface area contributed by atoms with E-state index in [9.17, 15) is 9.59 Å². The first-order valence-corrected chi connectivity index (χ1v) is 11.6. The Hall–Kier alpha value is -2.84. The van der Waals surface area contributed by atoms with Gasteiger partial charge in [0.1, 0.15) is 11.0 Å². The van der Waals surface area contributed by atoms with Gasteiger partial charge in [0.25, 0.3) is 0 Å². The molecule has 2 amide bonds. The summed E-state index contributed by atoms with van der Waals surface area (Å²) in [6, 6.07) is 17.1. The number of hydrogen-bond acceptors (Lipinski definition) is 6. The topological polar surface area (TPSA) is 80.2 Å². The van der Waals surface area contributed by atoms with Crippen LogP contribution in [0.4, 0.5) is 5.69 Å². The molecular formula is C24H27N3O4S. The number of carbonyl (C=O) groups excluding carboxylic acids is 2. The Labute approximate surface area is 192 Å². The number of nitrogens with one attached hydrogen (secondary N) is 1. The first kappa shape index (κ1) is 22.4. The number of hydrogen-bond donors (Lipinski definition) is 1. The highest BCUT2D eigenvalue weighted by Crippen LogP contribution is 2.32. The minimum atomic E-state index is -0.491. The number of amidine groups is 1. The Bertz CT molecular complexity index is 959. The zero-order valence-electron chi connectivity index (χ0n) is 18.0. The molecule has 2 aromatic carbocycles. The van der Waals surface area contributed by atoms with Gasteiger partial charge in [-0.05, 0) is 42.7 Å². The van der Waals surface area contributed by atoms with E-state index in [-0.39, 0.29) is 24.3 Å². The predicted octanol–water partition coefficient (Wildman–Crippen LogP) is 3.51. The third-order valence-electron chi connectivity index (χ3n) is 5.43. The lowest BCUT2D eigenvalue weighted by Gasteiger charge is -2.20. The molecule has 8 heteroatoms. The van der Waals surface area contributed by atoms with Gasteiger partial charge in [-0.2, -0.15) is 0 Å². The van der Waals surface area contributed by atoms with Crippen LogP contribution in [0.1, 0.15) is 24.8 Å². The number of nitrogens with zero attached hydrogens (tertiary/aromatic N) is 2. The van der Waals surface area contributed by atoms with Crippen LogP contribution < -0.4 is 10.1 Å². The van der Waals surface area contributed by atoms with E-state index in [4.69, 9.17) is 9.47 Å². The summed E-state index contributed by atoms with van der Waals surface area (Å²) in [6.45, 7) is 1.60. The molecule has 2 fully saturated rings. The van der Waals surface area contributed by atoms with E-state index in [1.807, 2.05) is 54.6 Å². The Morgan fingerprint density at radius 3 is 2.69 bits per heavy atom. The van der Waals surface area contributed by atoms with Crippen molar-refractivity contribution in [2.75, 3.05) is 20.3 Å². The quantitative estimate of drug-likeness (QED) is 0.662. The number of aliphatic imine (C=N–C) groups is 1. The molecule has 0 spiro atoms. The van der Waals surface area contributed by atoms with Crippen LogP contribution in [-0.2, 0) is 20.9 Å². The van der Waals surface area contributed by atoms with Gasteiger partial charge in [0.15, 0.2) is 5.17 Å². The van der Waals surface area contributed by atoms with E-state index in [1.165, 1.54) is 11.8 Å². The van der Waals surface area contributed by atoms with Gasteiger partial charge in [-0.3, -0.25) is 14.5 Å². The molecule has 32 heavy (non-hydrogen) atoms. The van der Waals surface area contributed by atoms with Gasteiger partial charge in [0.05, 0.1) is 25.4 Å². The monoisotopic (exact) mass is 453 g/mol. The molecule has 7 nitrogen and oxygen atoms in total. The Morgan fingerprint density at radius 2 is 2.00 bits per heavy atom. The van der Waals surface area contributed by atoms with Crippen LogP contribution in [0, 0.1) is 0 Å². The highest BCUT2D eigenvalue weighted by atomic mass is 32.2. The fraction of sp³-hybridized carbons (Fsp3) is 0.375. The second kappa shape index (κ2) is 10.7. The number of carbonyl (C=O) groups is 2. The normalized spacial score (nSPS) is 21.8. The summed E-state index contributed by atoms with van der Waals surface area (Å²) in [5.41, 5.74) is 1.75. The van der Waals surface area contributed by atoms with E-state index in [0.29, 0.717) is 18.3 Å². The maximum absolute atomic E-state index is 13.1. The second-order valence-corrected chi connectivity index (χ2v) is 8.92. The molecule has 1 N–H and O–H groups in total. The summed E-state index contributed by atoms with van der Waals surface area (Å²) >= 11 is 1.35. The van der Waals surface area contributed by atoms with Gasteiger partial charge in [0.2, 0.25) is 11.8 Å². The Kier molecular flexibility index (Phi) is 7.44. The minimum absolute atomic E-state index is 0.0168. The van der Waals surface area contributed by atoms with Crippen molar-refractivity contribution in [1.29, 1.82) is 0 Å². The lowest BCUT2D eigenvalue weighted by Crippen LogP contribution is -2.39. The van der Waals surface area contributed by atoms with Gasteiger partial charge in [0, 0.05) is 19.6 Å². The van der Waals surface area contributed by atoms with Crippen molar-refractivity contribution in [1.82, 2.24) is 10.2 Å². The van der Waals surface area contributed by atoms with Crippen molar-refractivity contribution in [3.63, 3.8) is 0 Å². The van der Waals surface area contributed by atoms with Gasteiger partial charge in [-0.1, -0.05) is 42.1 Å². The van der Waals surface area contributed by atoms with Crippen LogP contribution in [0.25, 0.3) is 0 Å². The third kappa shape index (κ3) is 5.69. The molecule has 0 saturated carbocycles. The zero-order valence-corrected chi connectivity index (χ0v) is 18.8. The molecule has 0 bridgehead atoms. The average molecular weight is 454 g/mol. The van der Waals surface area contributed by atoms with Crippen LogP contribution in [0.3, 0.4) is 0 Å². The van der Waals surface area contributed by atoms with Crippen LogP contribution in [0.2, 0.25) is 0 Å². The molecule has 2 saturated heterocycles.